The summed E-state index contributed by atoms with van der Waals surface area (Å²) in [5.74, 6) is -2.28. The highest BCUT2D eigenvalue weighted by Crippen LogP contribution is 2.31. The molecule has 1 atom stereocenters. The second kappa shape index (κ2) is 12.1. The molecule has 0 bridgehead atoms. The van der Waals surface area contributed by atoms with Crippen LogP contribution in [0, 0.1) is 0 Å². The van der Waals surface area contributed by atoms with E-state index in [0.717, 1.165) is 11.3 Å². The van der Waals surface area contributed by atoms with Crippen molar-refractivity contribution >= 4 is 41.3 Å². The molecule has 1 aromatic heterocycles. The van der Waals surface area contributed by atoms with Crippen molar-refractivity contribution in [1.29, 1.82) is 0 Å². The molecule has 1 unspecified atom stereocenters. The van der Waals surface area contributed by atoms with Crippen LogP contribution in [0.5, 0.6) is 11.5 Å². The highest BCUT2D eigenvalue weighted by atomic mass is 32.1. The van der Waals surface area contributed by atoms with Gasteiger partial charge in [0.05, 0.1) is 41.1 Å². The topological polar surface area (TPSA) is 140 Å². The molecule has 0 aliphatic carbocycles. The van der Waals surface area contributed by atoms with E-state index in [4.69, 9.17) is 18.9 Å². The smallest absolute Gasteiger partial charge is 0.338 e. The first kappa shape index (κ1) is 29.2. The lowest BCUT2D eigenvalue weighted by atomic mass is 9.95. The molecule has 212 valence electrons. The number of methoxy groups -OCH3 is 1. The Hall–Kier alpha value is -4.84. The summed E-state index contributed by atoms with van der Waals surface area (Å²) in [4.78, 5) is 66.8. The van der Waals surface area contributed by atoms with Crippen LogP contribution in [0.25, 0.3) is 6.08 Å². The molecule has 0 amide bonds. The summed E-state index contributed by atoms with van der Waals surface area (Å²) in [7, 11) is 1.28. The largest absolute Gasteiger partial charge is 0.465 e. The Morgan fingerprint density at radius 3 is 2.24 bits per heavy atom. The fourth-order valence-corrected chi connectivity index (χ4v) is 5.31. The molecular formula is C29H26N2O9S. The van der Waals surface area contributed by atoms with E-state index in [2.05, 4.69) is 4.99 Å². The summed E-state index contributed by atoms with van der Waals surface area (Å²) in [6, 6.07) is 10.0. The molecule has 0 saturated carbocycles. The lowest BCUT2D eigenvalue weighted by Crippen LogP contribution is -2.40. The zero-order chi connectivity index (χ0) is 29.8. The summed E-state index contributed by atoms with van der Waals surface area (Å²) in [5, 5.41) is 0. The molecule has 2 heterocycles. The fraction of sp³-hybridized carbons (Fsp3) is 0.241. The maximum absolute atomic E-state index is 13.8. The minimum Gasteiger partial charge on any atom is -0.465 e. The van der Waals surface area contributed by atoms with E-state index in [0.29, 0.717) is 27.2 Å². The van der Waals surface area contributed by atoms with Gasteiger partial charge in [0.25, 0.3) is 5.56 Å². The molecular weight excluding hydrogens is 552 g/mol. The summed E-state index contributed by atoms with van der Waals surface area (Å²) in [6.45, 7) is 5.90. The van der Waals surface area contributed by atoms with Crippen LogP contribution in [0.15, 0.2) is 63.5 Å². The number of carbonyl (C=O) groups is 4. The number of aromatic nitrogens is 1. The number of hydrogen-bond donors (Lipinski definition) is 0. The normalized spacial score (nSPS) is 14.6. The Bertz CT molecular complexity index is 1760. The van der Waals surface area contributed by atoms with Crippen LogP contribution < -0.4 is 24.4 Å². The van der Waals surface area contributed by atoms with Crippen LogP contribution in [-0.2, 0) is 23.9 Å². The molecule has 0 spiro atoms. The predicted octanol–water partition coefficient (Wildman–Crippen LogP) is 2.44. The molecule has 0 N–H and O–H groups in total. The summed E-state index contributed by atoms with van der Waals surface area (Å²) < 4.78 is 22.1. The van der Waals surface area contributed by atoms with Crippen LogP contribution in [0.1, 0.15) is 55.2 Å². The molecule has 3 aromatic rings. The SMILES string of the molecule is CCOC(=O)C1=C(C)N=c2s/c(=C\c3ccc(OC(C)=O)c(OC(C)=O)c3)c(=O)n2C1c1ccc(C(=O)OC)cc1. The van der Waals surface area contributed by atoms with E-state index in [1.54, 1.807) is 50.3 Å². The minimum absolute atomic E-state index is 0.0123. The monoisotopic (exact) mass is 578 g/mol. The van der Waals surface area contributed by atoms with Gasteiger partial charge in [-0.3, -0.25) is 19.0 Å². The number of carbonyl (C=O) groups excluding carboxylic acids is 4. The van der Waals surface area contributed by atoms with E-state index in [1.165, 1.54) is 37.7 Å². The van der Waals surface area contributed by atoms with Crippen molar-refractivity contribution in [1.82, 2.24) is 4.57 Å². The number of allylic oxidation sites excluding steroid dienone is 1. The molecule has 1 aliphatic rings. The third-order valence-corrected chi connectivity index (χ3v) is 6.92. The Kier molecular flexibility index (Phi) is 8.62. The van der Waals surface area contributed by atoms with Gasteiger partial charge in [0.15, 0.2) is 16.3 Å². The Balaban J connectivity index is 1.88. The van der Waals surface area contributed by atoms with Gasteiger partial charge < -0.3 is 18.9 Å². The molecule has 0 saturated heterocycles. The number of rotatable bonds is 7. The summed E-state index contributed by atoms with van der Waals surface area (Å²) in [5.41, 5.74) is 1.51. The standard InChI is InChI=1S/C29H26N2O9S/c1-6-38-28(36)24-15(2)30-29-31(25(24)19-8-10-20(11-9-19)27(35)37-5)26(34)23(41-29)14-18-7-12-21(39-16(3)32)22(13-18)40-17(4)33/h7-14,25H,6H2,1-5H3/b23-14-. The first-order chi connectivity index (χ1) is 19.5. The van der Waals surface area contributed by atoms with E-state index >= 15 is 0 Å². The van der Waals surface area contributed by atoms with Crippen molar-refractivity contribution in [2.45, 2.75) is 33.7 Å². The zero-order valence-corrected chi connectivity index (χ0v) is 23.7. The fourth-order valence-electron chi connectivity index (χ4n) is 4.27. The van der Waals surface area contributed by atoms with Gasteiger partial charge in [0.2, 0.25) is 0 Å². The van der Waals surface area contributed by atoms with Crippen molar-refractivity contribution in [3.8, 4) is 11.5 Å². The molecule has 2 aromatic carbocycles. The highest BCUT2D eigenvalue weighted by Gasteiger charge is 2.33. The zero-order valence-electron chi connectivity index (χ0n) is 22.9. The van der Waals surface area contributed by atoms with Gasteiger partial charge in [-0.1, -0.05) is 29.5 Å². The molecule has 41 heavy (non-hydrogen) atoms. The van der Waals surface area contributed by atoms with Crippen LogP contribution in [0.4, 0.5) is 0 Å². The first-order valence-corrected chi connectivity index (χ1v) is 13.2. The lowest BCUT2D eigenvalue weighted by molar-refractivity contribution is -0.139. The van der Waals surface area contributed by atoms with Gasteiger partial charge in [-0.15, -0.1) is 0 Å². The van der Waals surface area contributed by atoms with Crippen LogP contribution in [-0.4, -0.2) is 42.2 Å². The number of benzene rings is 2. The molecule has 1 aliphatic heterocycles. The van der Waals surface area contributed by atoms with Crippen LogP contribution in [0.2, 0.25) is 0 Å². The number of ether oxygens (including phenoxy) is 4. The second-order valence-corrected chi connectivity index (χ2v) is 9.82. The second-order valence-electron chi connectivity index (χ2n) is 8.81. The quantitative estimate of drug-likeness (QED) is 0.305. The van der Waals surface area contributed by atoms with Crippen LogP contribution >= 0.6 is 11.3 Å². The maximum atomic E-state index is 13.8. The first-order valence-electron chi connectivity index (χ1n) is 12.4. The summed E-state index contributed by atoms with van der Waals surface area (Å²) in [6.07, 6.45) is 1.58. The van der Waals surface area contributed by atoms with Gasteiger partial charge >= 0.3 is 23.9 Å². The number of thiazole rings is 1. The third kappa shape index (κ3) is 6.17. The van der Waals surface area contributed by atoms with Gasteiger partial charge in [-0.25, -0.2) is 14.6 Å². The van der Waals surface area contributed by atoms with Crippen molar-refractivity contribution in [3.63, 3.8) is 0 Å². The van der Waals surface area contributed by atoms with Crippen molar-refractivity contribution in [2.75, 3.05) is 13.7 Å². The van der Waals surface area contributed by atoms with Gasteiger partial charge in [-0.05, 0) is 55.3 Å². The van der Waals surface area contributed by atoms with Gasteiger partial charge in [-0.2, -0.15) is 0 Å². The van der Waals surface area contributed by atoms with Crippen LogP contribution in [0.3, 0.4) is 0 Å². The van der Waals surface area contributed by atoms with E-state index in [1.807, 2.05) is 0 Å². The van der Waals surface area contributed by atoms with Crippen molar-refractivity contribution in [3.05, 3.63) is 90.1 Å². The molecule has 4 rings (SSSR count). The Morgan fingerprint density at radius 2 is 1.63 bits per heavy atom. The molecule has 0 fully saturated rings. The number of hydrogen-bond acceptors (Lipinski definition) is 11. The average Bonchev–Trinajstić information content (AvgIpc) is 3.22. The summed E-state index contributed by atoms with van der Waals surface area (Å²) >= 11 is 1.11. The van der Waals surface area contributed by atoms with E-state index < -0.39 is 35.5 Å². The average molecular weight is 579 g/mol. The Labute approximate surface area is 237 Å². The van der Waals surface area contributed by atoms with Crippen molar-refractivity contribution < 1.29 is 38.1 Å². The highest BCUT2D eigenvalue weighted by molar-refractivity contribution is 7.07. The molecule has 11 nitrogen and oxygen atoms in total. The number of fused-ring (bicyclic) bond motifs is 1. The van der Waals surface area contributed by atoms with Gasteiger partial charge in [0, 0.05) is 13.8 Å². The van der Waals surface area contributed by atoms with Gasteiger partial charge in [0.1, 0.15) is 0 Å². The minimum atomic E-state index is -0.873. The number of esters is 4. The van der Waals surface area contributed by atoms with E-state index in [9.17, 15) is 24.0 Å². The molecule has 12 heteroatoms. The lowest BCUT2D eigenvalue weighted by Gasteiger charge is -2.24. The van der Waals surface area contributed by atoms with E-state index in [-0.39, 0.29) is 28.2 Å². The predicted molar refractivity (Wildman–Crippen MR) is 147 cm³/mol. The van der Waals surface area contributed by atoms with Crippen molar-refractivity contribution in [2.24, 2.45) is 4.99 Å². The maximum Gasteiger partial charge on any atom is 0.338 e. The molecule has 0 radical (unpaired) electrons. The third-order valence-electron chi connectivity index (χ3n) is 5.94. The number of nitrogens with zero attached hydrogens (tertiary/aromatic N) is 2. The Morgan fingerprint density at radius 1 is 0.976 bits per heavy atom.